The highest BCUT2D eigenvalue weighted by atomic mass is 127. The molecule has 0 unspecified atom stereocenters. The van der Waals surface area contributed by atoms with Gasteiger partial charge in [-0.15, -0.1) is 24.0 Å². The number of hydrogen-bond acceptors (Lipinski definition) is 3. The van der Waals surface area contributed by atoms with Gasteiger partial charge in [0.15, 0.2) is 5.96 Å². The minimum absolute atomic E-state index is 0. The third kappa shape index (κ3) is 7.03. The minimum Gasteiger partial charge on any atom is -0.370 e. The van der Waals surface area contributed by atoms with Gasteiger partial charge < -0.3 is 11.1 Å². The standard InChI is InChI=1S/C18H30N4O2S.HI/c1-2-3-4-5-12-20-18(19)21-15-16-8-10-17(11-9-16)25(23,24)22-13-6-7-14-22;/h8-11H,2-7,12-15H2,1H3,(H3,19,20,21);1H. The van der Waals surface area contributed by atoms with Gasteiger partial charge in [-0.25, -0.2) is 13.4 Å². The first kappa shape index (κ1) is 23.2. The highest BCUT2D eigenvalue weighted by Crippen LogP contribution is 2.21. The minimum atomic E-state index is -3.35. The van der Waals surface area contributed by atoms with Crippen molar-refractivity contribution in [3.8, 4) is 0 Å². The number of aliphatic imine (C=N–C) groups is 1. The number of nitrogens with one attached hydrogen (secondary N) is 1. The molecular formula is C18H31IN4O2S. The summed E-state index contributed by atoms with van der Waals surface area (Å²) in [6, 6.07) is 6.93. The van der Waals surface area contributed by atoms with Gasteiger partial charge >= 0.3 is 0 Å². The van der Waals surface area contributed by atoms with Crippen molar-refractivity contribution in [2.75, 3.05) is 19.6 Å². The maximum absolute atomic E-state index is 12.5. The first-order valence-corrected chi connectivity index (χ1v) is 10.6. The Kier molecular flexibility index (Phi) is 10.5. The lowest BCUT2D eigenvalue weighted by molar-refractivity contribution is 0.477. The van der Waals surface area contributed by atoms with E-state index in [1.165, 1.54) is 19.3 Å². The Balaban J connectivity index is 0.00000338. The summed E-state index contributed by atoms with van der Waals surface area (Å²) >= 11 is 0. The molecule has 3 N–H and O–H groups in total. The summed E-state index contributed by atoms with van der Waals surface area (Å²) in [6.45, 7) is 4.70. The third-order valence-electron chi connectivity index (χ3n) is 4.39. The lowest BCUT2D eigenvalue weighted by atomic mass is 10.2. The van der Waals surface area contributed by atoms with Gasteiger partial charge in [0.05, 0.1) is 11.4 Å². The number of halogens is 1. The Morgan fingerprint density at radius 3 is 2.42 bits per heavy atom. The number of unbranched alkanes of at least 4 members (excludes halogenated alkanes) is 3. The van der Waals surface area contributed by atoms with Crippen LogP contribution in [0.4, 0.5) is 0 Å². The first-order valence-electron chi connectivity index (χ1n) is 9.17. The molecule has 1 aliphatic rings. The molecule has 1 aliphatic heterocycles. The zero-order valence-corrected chi connectivity index (χ0v) is 18.6. The number of rotatable bonds is 9. The fraction of sp³-hybridized carbons (Fsp3) is 0.611. The van der Waals surface area contributed by atoms with Crippen molar-refractivity contribution in [3.63, 3.8) is 0 Å². The van der Waals surface area contributed by atoms with E-state index in [4.69, 9.17) is 5.73 Å². The second-order valence-corrected chi connectivity index (χ2v) is 8.38. The van der Waals surface area contributed by atoms with Crippen LogP contribution in [0.2, 0.25) is 0 Å². The van der Waals surface area contributed by atoms with E-state index >= 15 is 0 Å². The zero-order chi connectivity index (χ0) is 18.1. The predicted molar refractivity (Wildman–Crippen MR) is 117 cm³/mol. The molecular weight excluding hydrogens is 463 g/mol. The van der Waals surface area contributed by atoms with Crippen molar-refractivity contribution in [2.45, 2.75) is 56.9 Å². The number of hydrogen-bond donors (Lipinski definition) is 2. The van der Waals surface area contributed by atoms with Crippen LogP contribution in [0.15, 0.2) is 34.2 Å². The van der Waals surface area contributed by atoms with E-state index in [9.17, 15) is 8.42 Å². The summed E-state index contributed by atoms with van der Waals surface area (Å²) in [7, 11) is -3.35. The SMILES string of the molecule is CCCCCCNC(N)=NCc1ccc(S(=O)(=O)N2CCCC2)cc1.I. The van der Waals surface area contributed by atoms with Crippen LogP contribution in [-0.4, -0.2) is 38.3 Å². The van der Waals surface area contributed by atoms with Crippen LogP contribution in [0.5, 0.6) is 0 Å². The maximum atomic E-state index is 12.5. The Morgan fingerprint density at radius 2 is 1.81 bits per heavy atom. The molecule has 0 amide bonds. The largest absolute Gasteiger partial charge is 0.370 e. The topological polar surface area (TPSA) is 87.8 Å². The highest BCUT2D eigenvalue weighted by molar-refractivity contribution is 14.0. The molecule has 1 aromatic carbocycles. The van der Waals surface area contributed by atoms with Crippen LogP contribution < -0.4 is 11.1 Å². The van der Waals surface area contributed by atoms with E-state index in [0.29, 0.717) is 30.5 Å². The van der Waals surface area contributed by atoms with Crippen LogP contribution in [0.1, 0.15) is 51.0 Å². The zero-order valence-electron chi connectivity index (χ0n) is 15.5. The van der Waals surface area contributed by atoms with E-state index < -0.39 is 10.0 Å². The smallest absolute Gasteiger partial charge is 0.243 e. The summed E-state index contributed by atoms with van der Waals surface area (Å²) in [5, 5.41) is 3.11. The summed E-state index contributed by atoms with van der Waals surface area (Å²) in [5.74, 6) is 0.435. The fourth-order valence-corrected chi connectivity index (χ4v) is 4.36. The molecule has 1 heterocycles. The quantitative estimate of drug-likeness (QED) is 0.239. The van der Waals surface area contributed by atoms with Gasteiger partial charge in [-0.2, -0.15) is 4.31 Å². The molecule has 0 radical (unpaired) electrons. The van der Waals surface area contributed by atoms with Gasteiger partial charge in [0.2, 0.25) is 10.0 Å². The average Bonchev–Trinajstić information content (AvgIpc) is 3.16. The van der Waals surface area contributed by atoms with Crippen LogP contribution in [0.3, 0.4) is 0 Å². The van der Waals surface area contributed by atoms with Crippen LogP contribution in [-0.2, 0) is 16.6 Å². The van der Waals surface area contributed by atoms with Crippen molar-refractivity contribution in [2.24, 2.45) is 10.7 Å². The molecule has 2 rings (SSSR count). The third-order valence-corrected chi connectivity index (χ3v) is 6.31. The van der Waals surface area contributed by atoms with E-state index in [1.54, 1.807) is 28.6 Å². The van der Waals surface area contributed by atoms with E-state index in [-0.39, 0.29) is 24.0 Å². The molecule has 148 valence electrons. The monoisotopic (exact) mass is 494 g/mol. The van der Waals surface area contributed by atoms with Crippen LogP contribution >= 0.6 is 24.0 Å². The average molecular weight is 494 g/mol. The molecule has 8 heteroatoms. The van der Waals surface area contributed by atoms with Gasteiger partial charge in [-0.05, 0) is 37.0 Å². The van der Waals surface area contributed by atoms with E-state index in [2.05, 4.69) is 17.2 Å². The molecule has 26 heavy (non-hydrogen) atoms. The highest BCUT2D eigenvalue weighted by Gasteiger charge is 2.26. The number of benzene rings is 1. The summed E-state index contributed by atoms with van der Waals surface area (Å²) in [5.41, 5.74) is 6.80. The van der Waals surface area contributed by atoms with Gasteiger partial charge in [0, 0.05) is 19.6 Å². The molecule has 0 spiro atoms. The second kappa shape index (κ2) is 11.8. The lowest BCUT2D eigenvalue weighted by Gasteiger charge is -2.15. The number of sulfonamides is 1. The van der Waals surface area contributed by atoms with Crippen molar-refractivity contribution < 1.29 is 8.42 Å². The molecule has 0 atom stereocenters. The maximum Gasteiger partial charge on any atom is 0.243 e. The van der Waals surface area contributed by atoms with Crippen molar-refractivity contribution >= 4 is 40.0 Å². The summed E-state index contributed by atoms with van der Waals surface area (Å²) < 4.78 is 26.5. The Morgan fingerprint density at radius 1 is 1.15 bits per heavy atom. The van der Waals surface area contributed by atoms with Gasteiger partial charge in [0.1, 0.15) is 0 Å². The van der Waals surface area contributed by atoms with Gasteiger partial charge in [-0.3, -0.25) is 0 Å². The molecule has 6 nitrogen and oxygen atoms in total. The van der Waals surface area contributed by atoms with E-state index in [0.717, 1.165) is 31.4 Å². The van der Waals surface area contributed by atoms with Gasteiger partial charge in [0.25, 0.3) is 0 Å². The Bertz CT molecular complexity index is 656. The first-order chi connectivity index (χ1) is 12.0. The van der Waals surface area contributed by atoms with Crippen molar-refractivity contribution in [1.82, 2.24) is 9.62 Å². The summed E-state index contributed by atoms with van der Waals surface area (Å²) in [4.78, 5) is 4.66. The number of nitrogens with two attached hydrogens (primary N) is 1. The number of guanidine groups is 1. The molecule has 0 bridgehead atoms. The van der Waals surface area contributed by atoms with Crippen LogP contribution in [0.25, 0.3) is 0 Å². The summed E-state index contributed by atoms with van der Waals surface area (Å²) in [6.07, 6.45) is 6.63. The van der Waals surface area contributed by atoms with Gasteiger partial charge in [-0.1, -0.05) is 38.3 Å². The van der Waals surface area contributed by atoms with E-state index in [1.807, 2.05) is 0 Å². The Hall–Kier alpha value is -0.870. The fourth-order valence-electron chi connectivity index (χ4n) is 2.84. The molecule has 1 fully saturated rings. The van der Waals surface area contributed by atoms with Crippen molar-refractivity contribution in [3.05, 3.63) is 29.8 Å². The lowest BCUT2D eigenvalue weighted by Crippen LogP contribution is -2.32. The molecule has 0 aromatic heterocycles. The second-order valence-electron chi connectivity index (χ2n) is 6.44. The van der Waals surface area contributed by atoms with Crippen LogP contribution in [0, 0.1) is 0 Å². The number of nitrogens with zero attached hydrogens (tertiary/aromatic N) is 2. The molecule has 1 saturated heterocycles. The normalized spacial score (nSPS) is 15.7. The van der Waals surface area contributed by atoms with Crippen molar-refractivity contribution in [1.29, 1.82) is 0 Å². The molecule has 1 aromatic rings. The Labute approximate surface area is 174 Å². The molecule has 0 saturated carbocycles. The predicted octanol–water partition coefficient (Wildman–Crippen LogP) is 3.07. The molecule has 0 aliphatic carbocycles.